The maximum Gasteiger partial charge on any atom is 0.407 e. The van der Waals surface area contributed by atoms with Crippen LogP contribution in [0.5, 0.6) is 0 Å². The number of nitrogens with zero attached hydrogens (tertiary/aromatic N) is 1. The van der Waals surface area contributed by atoms with E-state index in [2.05, 4.69) is 27.1 Å². The number of nitrogens with one attached hydrogen (secondary N) is 1. The van der Waals surface area contributed by atoms with Crippen LogP contribution in [0.4, 0.5) is 4.79 Å². The summed E-state index contributed by atoms with van der Waals surface area (Å²) >= 11 is 0. The zero-order valence-corrected chi connectivity index (χ0v) is 11.2. The number of hydrogen-bond donors (Lipinski definition) is 1. The van der Waals surface area contributed by atoms with E-state index in [1.165, 1.54) is 12.7 Å². The minimum Gasteiger partial charge on any atom is -0.453 e. The van der Waals surface area contributed by atoms with Crippen molar-refractivity contribution in [2.24, 2.45) is 0 Å². The molecule has 1 aromatic rings. The number of methoxy groups -OCH3 is 1. The number of hydrogen-bond acceptors (Lipinski definition) is 4. The molecule has 1 aromatic carbocycles. The molecule has 0 unspecified atom stereocenters. The monoisotopic (exact) mass is 264 g/mol. The molecule has 1 aliphatic heterocycles. The Balaban J connectivity index is 1.88. The van der Waals surface area contributed by atoms with Gasteiger partial charge in [0.15, 0.2) is 0 Å². The van der Waals surface area contributed by atoms with Crippen LogP contribution < -0.4 is 5.32 Å². The maximum atomic E-state index is 11.0. The molecule has 0 aliphatic carbocycles. The van der Waals surface area contributed by atoms with Crippen molar-refractivity contribution in [3.8, 4) is 0 Å². The Kier molecular flexibility index (Phi) is 5.18. The second-order valence-electron chi connectivity index (χ2n) is 4.55. The number of benzene rings is 1. The number of alkyl carbamates (subject to hydrolysis) is 1. The van der Waals surface area contributed by atoms with Crippen LogP contribution in [0.2, 0.25) is 0 Å². The smallest absolute Gasteiger partial charge is 0.407 e. The van der Waals surface area contributed by atoms with Crippen LogP contribution in [0.25, 0.3) is 0 Å². The zero-order valence-electron chi connectivity index (χ0n) is 11.2. The van der Waals surface area contributed by atoms with Crippen LogP contribution in [0.3, 0.4) is 0 Å². The summed E-state index contributed by atoms with van der Waals surface area (Å²) in [5.41, 5.74) is 2.34. The largest absolute Gasteiger partial charge is 0.453 e. The maximum absolute atomic E-state index is 11.0. The van der Waals surface area contributed by atoms with Crippen molar-refractivity contribution in [2.75, 3.05) is 33.4 Å². The van der Waals surface area contributed by atoms with Gasteiger partial charge in [-0.05, 0) is 11.1 Å². The highest BCUT2D eigenvalue weighted by molar-refractivity contribution is 5.66. The van der Waals surface area contributed by atoms with Crippen LogP contribution in [0, 0.1) is 0 Å². The molecule has 0 aromatic heterocycles. The average Bonchev–Trinajstić information content (AvgIpc) is 2.46. The summed E-state index contributed by atoms with van der Waals surface area (Å²) in [6.07, 6.45) is -0.404. The van der Waals surface area contributed by atoms with Crippen LogP contribution in [-0.4, -0.2) is 44.4 Å². The topological polar surface area (TPSA) is 50.8 Å². The Morgan fingerprint density at radius 2 is 2.11 bits per heavy atom. The fourth-order valence-electron chi connectivity index (χ4n) is 2.10. The molecule has 1 N–H and O–H groups in total. The lowest BCUT2D eigenvalue weighted by molar-refractivity contribution is 0.0342. The highest BCUT2D eigenvalue weighted by Gasteiger charge is 2.10. The number of morpholine rings is 1. The highest BCUT2D eigenvalue weighted by Crippen LogP contribution is 2.10. The van der Waals surface area contributed by atoms with E-state index in [-0.39, 0.29) is 0 Å². The molecule has 0 saturated carbocycles. The summed E-state index contributed by atoms with van der Waals surface area (Å²) in [5, 5.41) is 2.68. The second-order valence-corrected chi connectivity index (χ2v) is 4.55. The summed E-state index contributed by atoms with van der Waals surface area (Å²) in [5.74, 6) is 0. The molecule has 0 spiro atoms. The highest BCUT2D eigenvalue weighted by atomic mass is 16.5. The van der Waals surface area contributed by atoms with Gasteiger partial charge in [-0.15, -0.1) is 0 Å². The fourth-order valence-corrected chi connectivity index (χ4v) is 2.10. The Hall–Kier alpha value is -1.59. The Morgan fingerprint density at radius 3 is 2.84 bits per heavy atom. The summed E-state index contributed by atoms with van der Waals surface area (Å²) in [6, 6.07) is 8.24. The Morgan fingerprint density at radius 1 is 1.37 bits per heavy atom. The number of rotatable bonds is 4. The van der Waals surface area contributed by atoms with E-state index in [1.807, 2.05) is 12.1 Å². The third kappa shape index (κ3) is 4.54. The molecule has 1 amide bonds. The van der Waals surface area contributed by atoms with E-state index in [1.54, 1.807) is 0 Å². The average molecular weight is 264 g/mol. The SMILES string of the molecule is COC(=O)NCc1cccc(CN2CCOCC2)c1. The van der Waals surface area contributed by atoms with Gasteiger partial charge in [0.05, 0.1) is 20.3 Å². The molecule has 0 bridgehead atoms. The van der Waals surface area contributed by atoms with E-state index in [0.717, 1.165) is 38.4 Å². The molecule has 1 heterocycles. The molecule has 1 aliphatic rings. The molecular formula is C14H20N2O3. The molecule has 0 radical (unpaired) electrons. The number of carbonyl (C=O) groups excluding carboxylic acids is 1. The van der Waals surface area contributed by atoms with E-state index in [0.29, 0.717) is 6.54 Å². The van der Waals surface area contributed by atoms with Gasteiger partial charge in [0.25, 0.3) is 0 Å². The third-order valence-electron chi connectivity index (χ3n) is 3.12. The van der Waals surface area contributed by atoms with Crippen LogP contribution in [0.15, 0.2) is 24.3 Å². The van der Waals surface area contributed by atoms with Crippen LogP contribution in [0.1, 0.15) is 11.1 Å². The van der Waals surface area contributed by atoms with Gasteiger partial charge in [0.1, 0.15) is 0 Å². The lowest BCUT2D eigenvalue weighted by Gasteiger charge is -2.26. The van der Waals surface area contributed by atoms with Gasteiger partial charge in [-0.1, -0.05) is 24.3 Å². The first kappa shape index (κ1) is 13.8. The number of carbonyl (C=O) groups is 1. The molecule has 1 saturated heterocycles. The summed E-state index contributed by atoms with van der Waals surface area (Å²) in [4.78, 5) is 13.4. The van der Waals surface area contributed by atoms with Crippen molar-refractivity contribution in [3.05, 3.63) is 35.4 Å². The van der Waals surface area contributed by atoms with Gasteiger partial charge in [-0.2, -0.15) is 0 Å². The Labute approximate surface area is 113 Å². The quantitative estimate of drug-likeness (QED) is 0.892. The first-order valence-corrected chi connectivity index (χ1v) is 6.47. The fraction of sp³-hybridized carbons (Fsp3) is 0.500. The van der Waals surface area contributed by atoms with Crippen molar-refractivity contribution < 1.29 is 14.3 Å². The summed E-state index contributed by atoms with van der Waals surface area (Å²) in [7, 11) is 1.37. The lowest BCUT2D eigenvalue weighted by Crippen LogP contribution is -2.35. The van der Waals surface area contributed by atoms with Crippen molar-refractivity contribution >= 4 is 6.09 Å². The molecule has 5 heteroatoms. The van der Waals surface area contributed by atoms with Crippen molar-refractivity contribution in [1.82, 2.24) is 10.2 Å². The number of amides is 1. The Bertz CT molecular complexity index is 417. The van der Waals surface area contributed by atoms with Crippen LogP contribution >= 0.6 is 0 Å². The molecule has 19 heavy (non-hydrogen) atoms. The normalized spacial score (nSPS) is 16.1. The van der Waals surface area contributed by atoms with Crippen molar-refractivity contribution in [1.29, 1.82) is 0 Å². The minimum atomic E-state index is -0.404. The summed E-state index contributed by atoms with van der Waals surface area (Å²) < 4.78 is 9.89. The van der Waals surface area contributed by atoms with Crippen molar-refractivity contribution in [2.45, 2.75) is 13.1 Å². The van der Waals surface area contributed by atoms with E-state index >= 15 is 0 Å². The molecule has 104 valence electrons. The van der Waals surface area contributed by atoms with Gasteiger partial charge < -0.3 is 14.8 Å². The first-order chi connectivity index (χ1) is 9.28. The van der Waals surface area contributed by atoms with Gasteiger partial charge in [-0.3, -0.25) is 4.90 Å². The lowest BCUT2D eigenvalue weighted by atomic mass is 10.1. The zero-order chi connectivity index (χ0) is 13.5. The van der Waals surface area contributed by atoms with Crippen molar-refractivity contribution in [3.63, 3.8) is 0 Å². The molecule has 1 fully saturated rings. The molecule has 2 rings (SSSR count). The van der Waals surface area contributed by atoms with Gasteiger partial charge in [0, 0.05) is 26.2 Å². The molecule has 5 nitrogen and oxygen atoms in total. The third-order valence-corrected chi connectivity index (χ3v) is 3.12. The number of ether oxygens (including phenoxy) is 2. The summed E-state index contributed by atoms with van der Waals surface area (Å²) in [6.45, 7) is 4.99. The minimum absolute atomic E-state index is 0.404. The standard InChI is InChI=1S/C14H20N2O3/c1-18-14(17)15-10-12-3-2-4-13(9-12)11-16-5-7-19-8-6-16/h2-4,9H,5-8,10-11H2,1H3,(H,15,17). The van der Waals surface area contributed by atoms with Gasteiger partial charge in [-0.25, -0.2) is 4.79 Å². The predicted molar refractivity (Wildman–Crippen MR) is 71.8 cm³/mol. The van der Waals surface area contributed by atoms with E-state index < -0.39 is 6.09 Å². The van der Waals surface area contributed by atoms with Crippen LogP contribution in [-0.2, 0) is 22.6 Å². The molecule has 0 atom stereocenters. The first-order valence-electron chi connectivity index (χ1n) is 6.47. The second kappa shape index (κ2) is 7.11. The van der Waals surface area contributed by atoms with E-state index in [4.69, 9.17) is 4.74 Å². The van der Waals surface area contributed by atoms with Gasteiger partial charge in [0.2, 0.25) is 0 Å². The van der Waals surface area contributed by atoms with Gasteiger partial charge >= 0.3 is 6.09 Å². The molecular weight excluding hydrogens is 244 g/mol. The predicted octanol–water partition coefficient (Wildman–Crippen LogP) is 1.37. The van der Waals surface area contributed by atoms with E-state index in [9.17, 15) is 4.79 Å².